The van der Waals surface area contributed by atoms with Gasteiger partial charge in [-0.3, -0.25) is 4.79 Å². The summed E-state index contributed by atoms with van der Waals surface area (Å²) < 4.78 is 1.42. The Hall–Kier alpha value is -1.21. The Morgan fingerprint density at radius 3 is 2.50 bits per heavy atom. The highest BCUT2D eigenvalue weighted by Gasteiger charge is 2.13. The second kappa shape index (κ2) is 3.99. The molecule has 0 bridgehead atoms. The van der Waals surface area contributed by atoms with Gasteiger partial charge >= 0.3 is 0 Å². The number of pyridine rings is 1. The molecule has 1 aromatic heterocycles. The third-order valence-corrected chi connectivity index (χ3v) is 3.94. The zero-order valence-corrected chi connectivity index (χ0v) is 10.8. The van der Waals surface area contributed by atoms with E-state index in [4.69, 9.17) is 0 Å². The number of H-pyrrole nitrogens is 1. The predicted molar refractivity (Wildman–Crippen MR) is 67.1 cm³/mol. The maximum absolute atomic E-state index is 11.3. The van der Waals surface area contributed by atoms with Crippen LogP contribution in [0.15, 0.2) is 31.0 Å². The molecule has 1 heterocycles. The molecule has 5 nitrogen and oxygen atoms in total. The Kier molecular flexibility index (Phi) is 2.81. The van der Waals surface area contributed by atoms with Crippen molar-refractivity contribution in [2.75, 3.05) is 0 Å². The maximum atomic E-state index is 11.3. The highest BCUT2D eigenvalue weighted by atomic mass is 79.9. The number of aromatic nitrogens is 1. The van der Waals surface area contributed by atoms with Gasteiger partial charge in [0.05, 0.1) is 5.52 Å². The second-order valence-electron chi connectivity index (χ2n) is 3.05. The predicted octanol–water partition coefficient (Wildman–Crippen LogP) is 3.16. The molecule has 0 saturated heterocycles. The molecule has 7 heteroatoms. The quantitative estimate of drug-likeness (QED) is 0.777. The van der Waals surface area contributed by atoms with Crippen LogP contribution >= 0.6 is 31.9 Å². The highest BCUT2D eigenvalue weighted by Crippen LogP contribution is 2.35. The van der Waals surface area contributed by atoms with E-state index in [9.17, 15) is 14.8 Å². The lowest BCUT2D eigenvalue weighted by atomic mass is 10.2. The summed E-state index contributed by atoms with van der Waals surface area (Å²) in [6.45, 7) is 0. The molecule has 2 N–H and O–H groups in total. The van der Waals surface area contributed by atoms with Crippen molar-refractivity contribution in [1.82, 2.24) is 4.98 Å². The largest absolute Gasteiger partial charge is 0.505 e. The van der Waals surface area contributed by atoms with E-state index in [1.54, 1.807) is 12.1 Å². The van der Waals surface area contributed by atoms with Crippen LogP contribution in [0, 0.1) is 4.91 Å². The first-order valence-electron chi connectivity index (χ1n) is 4.12. The standard InChI is InChI=1S/C9H4Br2N2O3/c10-4-1-3-6(2-5(4)11)12-9(15)7(13-16)8(3)14/h1-2H,(H2,12,14,15). The van der Waals surface area contributed by atoms with E-state index in [-0.39, 0.29) is 0 Å². The molecule has 0 aliphatic carbocycles. The molecule has 0 spiro atoms. The van der Waals surface area contributed by atoms with Crippen molar-refractivity contribution in [3.63, 3.8) is 0 Å². The molecule has 0 atom stereocenters. The Balaban J connectivity index is 2.99. The van der Waals surface area contributed by atoms with Gasteiger partial charge in [0.2, 0.25) is 5.69 Å². The van der Waals surface area contributed by atoms with Gasteiger partial charge in [-0.25, -0.2) is 0 Å². The summed E-state index contributed by atoms with van der Waals surface area (Å²) in [6.07, 6.45) is 0. The number of hydrogen-bond donors (Lipinski definition) is 2. The van der Waals surface area contributed by atoms with E-state index in [1.165, 1.54) is 0 Å². The lowest BCUT2D eigenvalue weighted by Gasteiger charge is -2.04. The van der Waals surface area contributed by atoms with Crippen molar-refractivity contribution < 1.29 is 5.11 Å². The number of fused-ring (bicyclic) bond motifs is 1. The minimum Gasteiger partial charge on any atom is -0.505 e. The number of nitrogens with one attached hydrogen (secondary N) is 1. The third-order valence-electron chi connectivity index (χ3n) is 2.09. The first-order chi connectivity index (χ1) is 7.54. The molecule has 2 aromatic rings. The van der Waals surface area contributed by atoms with E-state index in [0.717, 1.165) is 4.47 Å². The number of nitrogens with zero attached hydrogens (tertiary/aromatic N) is 1. The third kappa shape index (κ3) is 1.65. The molecule has 1 aromatic carbocycles. The Morgan fingerprint density at radius 1 is 1.25 bits per heavy atom. The average Bonchev–Trinajstić information content (AvgIpc) is 2.22. The van der Waals surface area contributed by atoms with E-state index < -0.39 is 17.0 Å². The summed E-state index contributed by atoms with van der Waals surface area (Å²) in [5.41, 5.74) is -0.805. The van der Waals surface area contributed by atoms with Crippen molar-refractivity contribution in [2.45, 2.75) is 0 Å². The van der Waals surface area contributed by atoms with Crippen LogP contribution in [0.4, 0.5) is 5.69 Å². The van der Waals surface area contributed by atoms with Gasteiger partial charge in [-0.15, -0.1) is 4.91 Å². The van der Waals surface area contributed by atoms with Gasteiger partial charge in [-0.05, 0) is 49.2 Å². The van der Waals surface area contributed by atoms with Crippen LogP contribution in [0.25, 0.3) is 10.9 Å². The molecule has 0 aliphatic rings. The van der Waals surface area contributed by atoms with E-state index in [2.05, 4.69) is 42.0 Å². The van der Waals surface area contributed by atoms with Crippen LogP contribution in [-0.4, -0.2) is 10.1 Å². The minimum absolute atomic E-state index is 0.351. The van der Waals surface area contributed by atoms with Crippen LogP contribution in [0.1, 0.15) is 0 Å². The molecule has 0 fully saturated rings. The number of aromatic amines is 1. The van der Waals surface area contributed by atoms with Crippen LogP contribution in [-0.2, 0) is 0 Å². The van der Waals surface area contributed by atoms with Crippen LogP contribution in [0.5, 0.6) is 5.75 Å². The molecule has 0 radical (unpaired) electrons. The van der Waals surface area contributed by atoms with Gasteiger partial charge in [0.1, 0.15) is 0 Å². The fourth-order valence-corrected chi connectivity index (χ4v) is 2.03. The van der Waals surface area contributed by atoms with Gasteiger partial charge in [0, 0.05) is 14.3 Å². The topological polar surface area (TPSA) is 82.5 Å². The first-order valence-corrected chi connectivity index (χ1v) is 5.70. The molecule has 0 aliphatic heterocycles. The van der Waals surface area contributed by atoms with Gasteiger partial charge in [0.15, 0.2) is 5.75 Å². The fourth-order valence-electron chi connectivity index (χ4n) is 1.35. The molecule has 0 unspecified atom stereocenters. The van der Waals surface area contributed by atoms with E-state index in [0.29, 0.717) is 15.4 Å². The Morgan fingerprint density at radius 2 is 1.88 bits per heavy atom. The molecular formula is C9H4Br2N2O3. The number of nitroso groups, excluding NO2 is 1. The molecule has 16 heavy (non-hydrogen) atoms. The Bertz CT molecular complexity index is 651. The molecule has 0 amide bonds. The number of benzene rings is 1. The summed E-state index contributed by atoms with van der Waals surface area (Å²) in [5.74, 6) is -0.415. The van der Waals surface area contributed by atoms with E-state index in [1.807, 2.05) is 0 Å². The average molecular weight is 348 g/mol. The summed E-state index contributed by atoms with van der Waals surface area (Å²) in [4.78, 5) is 24.2. The van der Waals surface area contributed by atoms with Crippen LogP contribution in [0.3, 0.4) is 0 Å². The van der Waals surface area contributed by atoms with Crippen molar-refractivity contribution in [3.8, 4) is 5.75 Å². The summed E-state index contributed by atoms with van der Waals surface area (Å²) >= 11 is 6.52. The number of hydrogen-bond acceptors (Lipinski definition) is 4. The Labute approximate surface area is 106 Å². The van der Waals surface area contributed by atoms with Crippen molar-refractivity contribution in [3.05, 3.63) is 36.3 Å². The molecule has 0 saturated carbocycles. The van der Waals surface area contributed by atoms with Crippen LogP contribution < -0.4 is 5.56 Å². The smallest absolute Gasteiger partial charge is 0.281 e. The number of rotatable bonds is 1. The van der Waals surface area contributed by atoms with Crippen molar-refractivity contribution >= 4 is 48.5 Å². The van der Waals surface area contributed by atoms with Crippen molar-refractivity contribution in [1.29, 1.82) is 0 Å². The zero-order chi connectivity index (χ0) is 11.9. The zero-order valence-electron chi connectivity index (χ0n) is 7.62. The lowest BCUT2D eigenvalue weighted by molar-refractivity contribution is 0.482. The van der Waals surface area contributed by atoms with Crippen molar-refractivity contribution in [2.24, 2.45) is 5.18 Å². The summed E-state index contributed by atoms with van der Waals surface area (Å²) in [6, 6.07) is 3.20. The molecule has 82 valence electrons. The molecule has 2 rings (SSSR count). The second-order valence-corrected chi connectivity index (χ2v) is 4.76. The lowest BCUT2D eigenvalue weighted by Crippen LogP contribution is -2.05. The van der Waals surface area contributed by atoms with Gasteiger partial charge in [0.25, 0.3) is 5.56 Å². The summed E-state index contributed by atoms with van der Waals surface area (Å²) in [7, 11) is 0. The first kappa shape index (κ1) is 11.3. The maximum Gasteiger partial charge on any atom is 0.281 e. The van der Waals surface area contributed by atoms with Gasteiger partial charge in [-0.2, -0.15) is 0 Å². The normalized spacial score (nSPS) is 10.6. The van der Waals surface area contributed by atoms with Crippen LogP contribution in [0.2, 0.25) is 0 Å². The van der Waals surface area contributed by atoms with Gasteiger partial charge in [-0.1, -0.05) is 0 Å². The fraction of sp³-hybridized carbons (Fsp3) is 0. The van der Waals surface area contributed by atoms with E-state index >= 15 is 0 Å². The van der Waals surface area contributed by atoms with Gasteiger partial charge < -0.3 is 10.1 Å². The summed E-state index contributed by atoms with van der Waals surface area (Å²) in [5, 5.41) is 12.5. The molecular weight excluding hydrogens is 344 g/mol. The number of aromatic hydroxyl groups is 1. The SMILES string of the molecule is O=Nc1c(O)c2cc(Br)c(Br)cc2[nH]c1=O. The monoisotopic (exact) mass is 346 g/mol. The number of halogens is 2. The minimum atomic E-state index is -0.714. The highest BCUT2D eigenvalue weighted by molar-refractivity contribution is 9.13.